The Morgan fingerprint density at radius 2 is 1.13 bits per heavy atom. The second-order valence-corrected chi connectivity index (χ2v) is 2.78. The minimum Gasteiger partial charge on any atom is -0.481 e. The Balaban J connectivity index is 0. The van der Waals surface area contributed by atoms with Crippen LogP contribution in [0.4, 0.5) is 0 Å². The standard InChI is InChI=1S/C5H8O4.C4H8O2/c6-4(7)2-1-3-5(8)9;1-2-3-4(5)6/h1-3H2,(H,6,7)(H,8,9);2-3H2,1H3,(H,5,6). The van der Waals surface area contributed by atoms with Crippen LogP contribution in [0.3, 0.4) is 0 Å². The largest absolute Gasteiger partial charge is 0.481 e. The minimum absolute atomic E-state index is 0.0632. The predicted molar refractivity (Wildman–Crippen MR) is 51.7 cm³/mol. The highest BCUT2D eigenvalue weighted by molar-refractivity contribution is 5.69. The summed E-state index contributed by atoms with van der Waals surface area (Å²) in [6.45, 7) is 1.84. The van der Waals surface area contributed by atoms with Crippen LogP contribution in [0.1, 0.15) is 39.0 Å². The van der Waals surface area contributed by atoms with Crippen LogP contribution in [-0.4, -0.2) is 33.2 Å². The van der Waals surface area contributed by atoms with Gasteiger partial charge in [0.15, 0.2) is 0 Å². The Labute approximate surface area is 87.5 Å². The maximum absolute atomic E-state index is 9.79. The molecule has 0 aromatic carbocycles. The van der Waals surface area contributed by atoms with Gasteiger partial charge in [0.1, 0.15) is 0 Å². The zero-order valence-corrected chi connectivity index (χ0v) is 8.60. The van der Waals surface area contributed by atoms with E-state index in [0.29, 0.717) is 6.42 Å². The Hall–Kier alpha value is -1.59. The van der Waals surface area contributed by atoms with E-state index in [-0.39, 0.29) is 19.3 Å². The summed E-state index contributed by atoms with van der Waals surface area (Å²) < 4.78 is 0. The van der Waals surface area contributed by atoms with Crippen LogP contribution in [-0.2, 0) is 14.4 Å². The van der Waals surface area contributed by atoms with Crippen molar-refractivity contribution in [1.82, 2.24) is 0 Å². The highest BCUT2D eigenvalue weighted by Gasteiger charge is 1.99. The van der Waals surface area contributed by atoms with Crippen molar-refractivity contribution in [2.24, 2.45) is 0 Å². The molecule has 0 rings (SSSR count). The lowest BCUT2D eigenvalue weighted by atomic mass is 10.2. The fourth-order valence-corrected chi connectivity index (χ4v) is 0.605. The van der Waals surface area contributed by atoms with Crippen LogP contribution in [0.5, 0.6) is 0 Å². The molecule has 0 aliphatic carbocycles. The van der Waals surface area contributed by atoms with Gasteiger partial charge in [0, 0.05) is 19.3 Å². The van der Waals surface area contributed by atoms with Gasteiger partial charge >= 0.3 is 17.9 Å². The van der Waals surface area contributed by atoms with Crippen molar-refractivity contribution in [3.8, 4) is 0 Å². The molecule has 0 unspecified atom stereocenters. The lowest BCUT2D eigenvalue weighted by Crippen LogP contribution is -1.98. The Morgan fingerprint density at radius 1 is 0.800 bits per heavy atom. The molecule has 0 aromatic rings. The topological polar surface area (TPSA) is 112 Å². The number of rotatable bonds is 6. The number of carboxylic acid groups (broad SMARTS) is 3. The van der Waals surface area contributed by atoms with Gasteiger partial charge < -0.3 is 15.3 Å². The number of hydrogen-bond acceptors (Lipinski definition) is 3. The molecule has 0 spiro atoms. The summed E-state index contributed by atoms with van der Waals surface area (Å²) in [5, 5.41) is 24.0. The lowest BCUT2D eigenvalue weighted by Gasteiger charge is -1.89. The molecule has 0 radical (unpaired) electrons. The quantitative estimate of drug-likeness (QED) is 0.620. The predicted octanol–water partition coefficient (Wildman–Crippen LogP) is 1.20. The van der Waals surface area contributed by atoms with Crippen molar-refractivity contribution in [1.29, 1.82) is 0 Å². The fraction of sp³-hybridized carbons (Fsp3) is 0.667. The SMILES string of the molecule is CCCC(=O)O.O=C(O)CCCC(=O)O. The van der Waals surface area contributed by atoms with Crippen molar-refractivity contribution < 1.29 is 29.7 Å². The third-order valence-corrected chi connectivity index (χ3v) is 1.25. The third kappa shape index (κ3) is 24.5. The van der Waals surface area contributed by atoms with E-state index in [9.17, 15) is 14.4 Å². The van der Waals surface area contributed by atoms with Crippen LogP contribution in [0.2, 0.25) is 0 Å². The molecule has 0 aliphatic rings. The summed E-state index contributed by atoms with van der Waals surface area (Å²) in [6, 6.07) is 0. The zero-order valence-electron chi connectivity index (χ0n) is 8.60. The molecule has 0 amide bonds. The molecule has 3 N–H and O–H groups in total. The average Bonchev–Trinajstić information content (AvgIpc) is 2.03. The average molecular weight is 220 g/mol. The molecule has 0 bridgehead atoms. The molecule has 0 saturated carbocycles. The molecule has 0 atom stereocenters. The van der Waals surface area contributed by atoms with E-state index < -0.39 is 17.9 Å². The highest BCUT2D eigenvalue weighted by Crippen LogP contribution is 1.93. The van der Waals surface area contributed by atoms with Gasteiger partial charge in [-0.25, -0.2) is 0 Å². The Kier molecular flexibility index (Phi) is 11.1. The maximum atomic E-state index is 9.79. The van der Waals surface area contributed by atoms with Crippen LogP contribution in [0.25, 0.3) is 0 Å². The normalized spacial score (nSPS) is 8.60. The van der Waals surface area contributed by atoms with Crippen LogP contribution >= 0.6 is 0 Å². The van der Waals surface area contributed by atoms with E-state index in [4.69, 9.17) is 15.3 Å². The molecule has 0 aromatic heterocycles. The fourth-order valence-electron chi connectivity index (χ4n) is 0.605. The first kappa shape index (κ1) is 15.9. The second-order valence-electron chi connectivity index (χ2n) is 2.78. The highest BCUT2D eigenvalue weighted by atomic mass is 16.4. The first-order valence-corrected chi connectivity index (χ1v) is 4.55. The van der Waals surface area contributed by atoms with Gasteiger partial charge in [-0.3, -0.25) is 14.4 Å². The molecule has 6 nitrogen and oxygen atoms in total. The summed E-state index contributed by atoms with van der Waals surface area (Å²) in [6.07, 6.45) is 1.11. The number of aliphatic carboxylic acids is 3. The van der Waals surface area contributed by atoms with E-state index in [1.165, 1.54) is 0 Å². The van der Waals surface area contributed by atoms with E-state index in [1.54, 1.807) is 0 Å². The van der Waals surface area contributed by atoms with E-state index in [1.807, 2.05) is 6.92 Å². The van der Waals surface area contributed by atoms with Gasteiger partial charge in [0.25, 0.3) is 0 Å². The molecule has 0 saturated heterocycles. The van der Waals surface area contributed by atoms with Crippen LogP contribution in [0.15, 0.2) is 0 Å². The molecular formula is C9H16O6. The van der Waals surface area contributed by atoms with Crippen LogP contribution in [0, 0.1) is 0 Å². The number of hydrogen-bond donors (Lipinski definition) is 3. The van der Waals surface area contributed by atoms with Gasteiger partial charge in [0.05, 0.1) is 0 Å². The van der Waals surface area contributed by atoms with E-state index in [0.717, 1.165) is 6.42 Å². The van der Waals surface area contributed by atoms with Gasteiger partial charge in [-0.15, -0.1) is 0 Å². The maximum Gasteiger partial charge on any atom is 0.303 e. The first-order valence-electron chi connectivity index (χ1n) is 4.55. The van der Waals surface area contributed by atoms with Crippen molar-refractivity contribution in [2.45, 2.75) is 39.0 Å². The van der Waals surface area contributed by atoms with Gasteiger partial charge in [-0.1, -0.05) is 6.92 Å². The summed E-state index contributed by atoms with van der Waals surface area (Å²) in [5.41, 5.74) is 0. The first-order chi connectivity index (χ1) is 6.90. The molecule has 88 valence electrons. The summed E-state index contributed by atoms with van der Waals surface area (Å²) in [5.74, 6) is -2.61. The lowest BCUT2D eigenvalue weighted by molar-refractivity contribution is -0.139. The second kappa shape index (κ2) is 10.5. The summed E-state index contributed by atoms with van der Waals surface area (Å²) in [7, 11) is 0. The Bertz CT molecular complexity index is 197. The molecule has 0 fully saturated rings. The summed E-state index contributed by atoms with van der Waals surface area (Å²) >= 11 is 0. The zero-order chi connectivity index (χ0) is 12.3. The van der Waals surface area contributed by atoms with Crippen LogP contribution < -0.4 is 0 Å². The molecule has 0 heterocycles. The monoisotopic (exact) mass is 220 g/mol. The van der Waals surface area contributed by atoms with Crippen molar-refractivity contribution in [3.63, 3.8) is 0 Å². The Morgan fingerprint density at radius 3 is 1.27 bits per heavy atom. The van der Waals surface area contributed by atoms with E-state index in [2.05, 4.69) is 0 Å². The van der Waals surface area contributed by atoms with Crippen molar-refractivity contribution in [3.05, 3.63) is 0 Å². The van der Waals surface area contributed by atoms with E-state index >= 15 is 0 Å². The van der Waals surface area contributed by atoms with Gasteiger partial charge in [0.2, 0.25) is 0 Å². The van der Waals surface area contributed by atoms with Gasteiger partial charge in [-0.2, -0.15) is 0 Å². The smallest absolute Gasteiger partial charge is 0.303 e. The third-order valence-electron chi connectivity index (χ3n) is 1.25. The van der Waals surface area contributed by atoms with Crippen molar-refractivity contribution >= 4 is 17.9 Å². The molecule has 15 heavy (non-hydrogen) atoms. The number of carbonyl (C=O) groups is 3. The van der Waals surface area contributed by atoms with Crippen molar-refractivity contribution in [2.75, 3.05) is 0 Å². The van der Waals surface area contributed by atoms with Gasteiger partial charge in [-0.05, 0) is 12.8 Å². The molecular weight excluding hydrogens is 204 g/mol. The number of carboxylic acids is 3. The summed E-state index contributed by atoms with van der Waals surface area (Å²) in [4.78, 5) is 29.2. The minimum atomic E-state index is -0.948. The molecule has 6 heteroatoms. The molecule has 0 aliphatic heterocycles.